The Hall–Kier alpha value is -1.98. The smallest absolute Gasteiger partial charge is 0.270 e. The molecular weight excluding hydrogens is 268 g/mol. The minimum absolute atomic E-state index is 0.0339. The van der Waals surface area contributed by atoms with Crippen molar-refractivity contribution in [3.63, 3.8) is 0 Å². The van der Waals surface area contributed by atoms with E-state index in [2.05, 4.69) is 0 Å². The Morgan fingerprint density at radius 3 is 2.48 bits per heavy atom. The summed E-state index contributed by atoms with van der Waals surface area (Å²) < 4.78 is 1.94. The normalized spacial score (nSPS) is 14.0. The SMILES string of the molecule is CCN(CC)C(=O)CN(C)C(=O)c1cc(N)cn1C1CC1. The van der Waals surface area contributed by atoms with Crippen molar-refractivity contribution in [2.75, 3.05) is 32.4 Å². The van der Waals surface area contributed by atoms with Gasteiger partial charge in [-0.1, -0.05) is 0 Å². The van der Waals surface area contributed by atoms with Crippen LogP contribution in [0.4, 0.5) is 5.69 Å². The van der Waals surface area contributed by atoms with Crippen LogP contribution in [-0.2, 0) is 4.79 Å². The third-order valence-electron chi connectivity index (χ3n) is 3.86. The summed E-state index contributed by atoms with van der Waals surface area (Å²) in [5.41, 5.74) is 6.97. The fourth-order valence-electron chi connectivity index (χ4n) is 2.47. The van der Waals surface area contributed by atoms with E-state index in [0.717, 1.165) is 12.8 Å². The van der Waals surface area contributed by atoms with Crippen molar-refractivity contribution in [3.8, 4) is 0 Å². The Morgan fingerprint density at radius 2 is 1.95 bits per heavy atom. The van der Waals surface area contributed by atoms with Crippen LogP contribution in [0.15, 0.2) is 12.3 Å². The Kier molecular flexibility index (Phi) is 4.55. The molecule has 0 spiro atoms. The van der Waals surface area contributed by atoms with E-state index in [-0.39, 0.29) is 18.4 Å². The van der Waals surface area contributed by atoms with Crippen LogP contribution >= 0.6 is 0 Å². The number of aromatic nitrogens is 1. The summed E-state index contributed by atoms with van der Waals surface area (Å²) in [7, 11) is 1.66. The van der Waals surface area contributed by atoms with Crippen molar-refractivity contribution < 1.29 is 9.59 Å². The van der Waals surface area contributed by atoms with Crippen molar-refractivity contribution in [3.05, 3.63) is 18.0 Å². The zero-order valence-electron chi connectivity index (χ0n) is 13.0. The minimum atomic E-state index is -0.154. The van der Waals surface area contributed by atoms with E-state index in [1.54, 1.807) is 18.0 Å². The lowest BCUT2D eigenvalue weighted by Gasteiger charge is -2.23. The highest BCUT2D eigenvalue weighted by Crippen LogP contribution is 2.37. The van der Waals surface area contributed by atoms with Gasteiger partial charge in [0.2, 0.25) is 5.91 Å². The van der Waals surface area contributed by atoms with Gasteiger partial charge in [0.05, 0.1) is 12.2 Å². The summed E-state index contributed by atoms with van der Waals surface area (Å²) in [6, 6.07) is 2.08. The molecule has 0 aliphatic heterocycles. The summed E-state index contributed by atoms with van der Waals surface area (Å²) in [4.78, 5) is 27.8. The van der Waals surface area contributed by atoms with Gasteiger partial charge in [0.25, 0.3) is 5.91 Å². The number of nitrogens with two attached hydrogens (primary N) is 1. The number of hydrogen-bond donors (Lipinski definition) is 1. The Labute approximate surface area is 125 Å². The Bertz CT molecular complexity index is 530. The van der Waals surface area contributed by atoms with Gasteiger partial charge in [-0.3, -0.25) is 9.59 Å². The molecule has 0 unspecified atom stereocenters. The number of anilines is 1. The topological polar surface area (TPSA) is 71.6 Å². The van der Waals surface area contributed by atoms with Crippen molar-refractivity contribution in [2.45, 2.75) is 32.7 Å². The molecule has 0 bridgehead atoms. The minimum Gasteiger partial charge on any atom is -0.397 e. The van der Waals surface area contributed by atoms with Crippen molar-refractivity contribution >= 4 is 17.5 Å². The second kappa shape index (κ2) is 6.20. The van der Waals surface area contributed by atoms with Crippen LogP contribution in [0.1, 0.15) is 43.2 Å². The van der Waals surface area contributed by atoms with E-state index in [4.69, 9.17) is 5.73 Å². The van der Waals surface area contributed by atoms with Crippen LogP contribution in [0, 0.1) is 0 Å². The molecule has 21 heavy (non-hydrogen) atoms. The molecule has 1 aliphatic rings. The molecule has 1 saturated carbocycles. The maximum Gasteiger partial charge on any atom is 0.270 e. The Morgan fingerprint density at radius 1 is 1.33 bits per heavy atom. The number of nitrogens with zero attached hydrogens (tertiary/aromatic N) is 3. The average Bonchev–Trinajstić information content (AvgIpc) is 3.22. The van der Waals surface area contributed by atoms with Gasteiger partial charge >= 0.3 is 0 Å². The average molecular weight is 292 g/mol. The second-order valence-corrected chi connectivity index (χ2v) is 5.52. The number of nitrogen functional groups attached to an aromatic ring is 1. The standard InChI is InChI=1S/C15H24N4O2/c1-4-18(5-2)14(20)10-17(3)15(21)13-8-11(16)9-19(13)12-6-7-12/h8-9,12H,4-7,10,16H2,1-3H3. The molecule has 1 aromatic rings. The van der Waals surface area contributed by atoms with Crippen molar-refractivity contribution in [1.82, 2.24) is 14.4 Å². The van der Waals surface area contributed by atoms with Crippen LogP contribution in [0.2, 0.25) is 0 Å². The van der Waals surface area contributed by atoms with E-state index < -0.39 is 0 Å². The highest BCUT2D eigenvalue weighted by atomic mass is 16.2. The molecule has 1 heterocycles. The number of likely N-dealkylation sites (N-methyl/N-ethyl adjacent to an activating group) is 2. The van der Waals surface area contributed by atoms with Crippen molar-refractivity contribution in [1.29, 1.82) is 0 Å². The molecule has 0 saturated heterocycles. The monoisotopic (exact) mass is 292 g/mol. The summed E-state index contributed by atoms with van der Waals surface area (Å²) >= 11 is 0. The van der Waals surface area contributed by atoms with E-state index in [0.29, 0.717) is 30.5 Å². The largest absolute Gasteiger partial charge is 0.397 e. The number of carbonyl (C=O) groups is 2. The lowest BCUT2D eigenvalue weighted by Crippen LogP contribution is -2.41. The van der Waals surface area contributed by atoms with Crippen LogP contribution in [-0.4, -0.2) is 52.9 Å². The number of hydrogen-bond acceptors (Lipinski definition) is 3. The lowest BCUT2D eigenvalue weighted by molar-refractivity contribution is -0.131. The molecule has 1 fully saturated rings. The molecule has 0 atom stereocenters. The van der Waals surface area contributed by atoms with E-state index in [9.17, 15) is 9.59 Å². The van der Waals surface area contributed by atoms with Gasteiger partial charge in [-0.05, 0) is 32.8 Å². The Balaban J connectivity index is 2.07. The zero-order valence-corrected chi connectivity index (χ0v) is 13.0. The number of amides is 2. The molecular formula is C15H24N4O2. The maximum absolute atomic E-state index is 12.5. The third-order valence-corrected chi connectivity index (χ3v) is 3.86. The first-order valence-corrected chi connectivity index (χ1v) is 7.48. The van der Waals surface area contributed by atoms with Gasteiger partial charge in [-0.25, -0.2) is 0 Å². The van der Waals surface area contributed by atoms with E-state index in [1.165, 1.54) is 4.90 Å². The number of rotatable bonds is 6. The molecule has 1 aliphatic carbocycles. The third kappa shape index (κ3) is 3.37. The van der Waals surface area contributed by atoms with Gasteiger partial charge in [0.1, 0.15) is 5.69 Å². The highest BCUT2D eigenvalue weighted by Gasteiger charge is 2.29. The molecule has 6 heteroatoms. The molecule has 1 aromatic heterocycles. The van der Waals surface area contributed by atoms with Crippen LogP contribution in [0.3, 0.4) is 0 Å². The molecule has 116 valence electrons. The molecule has 2 N–H and O–H groups in total. The zero-order chi connectivity index (χ0) is 15.6. The van der Waals surface area contributed by atoms with Crippen LogP contribution in [0.25, 0.3) is 0 Å². The summed E-state index contributed by atoms with van der Waals surface area (Å²) in [6.45, 7) is 5.27. The van der Waals surface area contributed by atoms with E-state index in [1.807, 2.05) is 24.6 Å². The second-order valence-electron chi connectivity index (χ2n) is 5.52. The fraction of sp³-hybridized carbons (Fsp3) is 0.600. The van der Waals surface area contributed by atoms with E-state index >= 15 is 0 Å². The molecule has 6 nitrogen and oxygen atoms in total. The number of carbonyl (C=O) groups excluding carboxylic acids is 2. The maximum atomic E-state index is 12.5. The molecule has 0 aromatic carbocycles. The summed E-state index contributed by atoms with van der Waals surface area (Å²) in [6.07, 6.45) is 3.97. The van der Waals surface area contributed by atoms with Gasteiger partial charge in [0.15, 0.2) is 0 Å². The molecule has 2 rings (SSSR count). The summed E-state index contributed by atoms with van der Waals surface area (Å²) in [5, 5.41) is 0. The predicted molar refractivity (Wildman–Crippen MR) is 82.0 cm³/mol. The van der Waals surface area contributed by atoms with Gasteiger partial charge in [0, 0.05) is 32.4 Å². The predicted octanol–water partition coefficient (Wildman–Crippen LogP) is 1.35. The fourth-order valence-corrected chi connectivity index (χ4v) is 2.47. The molecule has 2 amide bonds. The lowest BCUT2D eigenvalue weighted by atomic mass is 10.3. The summed E-state index contributed by atoms with van der Waals surface area (Å²) in [5.74, 6) is -0.188. The quantitative estimate of drug-likeness (QED) is 0.860. The molecule has 0 radical (unpaired) electrons. The highest BCUT2D eigenvalue weighted by molar-refractivity contribution is 5.96. The first-order chi connectivity index (χ1) is 9.97. The first-order valence-electron chi connectivity index (χ1n) is 7.48. The van der Waals surface area contributed by atoms with Crippen LogP contribution < -0.4 is 5.73 Å². The van der Waals surface area contributed by atoms with Gasteiger partial charge < -0.3 is 20.1 Å². The van der Waals surface area contributed by atoms with Crippen molar-refractivity contribution in [2.24, 2.45) is 0 Å². The van der Waals surface area contributed by atoms with Gasteiger partial charge in [-0.2, -0.15) is 0 Å². The van der Waals surface area contributed by atoms with Gasteiger partial charge in [-0.15, -0.1) is 0 Å². The van der Waals surface area contributed by atoms with Crippen LogP contribution in [0.5, 0.6) is 0 Å². The first kappa shape index (κ1) is 15.4.